The van der Waals surface area contributed by atoms with Gasteiger partial charge in [-0.05, 0) is 71.8 Å². The Morgan fingerprint density at radius 2 is 1.48 bits per heavy atom. The fourth-order valence-corrected chi connectivity index (χ4v) is 4.56. The molecule has 0 atom stereocenters. The predicted octanol–water partition coefficient (Wildman–Crippen LogP) is 4.43. The number of hydrogen-bond acceptors (Lipinski definition) is 6. The SMILES string of the molecule is CS(=O)(=O)N(Cc1ccc(C(=O)N/N=C/c2ccc(OCC(=O)Nc3ccccc3)cc2)cc1)c1ccccc1. The molecule has 0 bridgehead atoms. The third-order valence-corrected chi connectivity index (χ3v) is 6.81. The Morgan fingerprint density at radius 1 is 0.850 bits per heavy atom. The fourth-order valence-electron chi connectivity index (χ4n) is 3.67. The van der Waals surface area contributed by atoms with E-state index in [4.69, 9.17) is 4.74 Å². The molecule has 0 aliphatic carbocycles. The van der Waals surface area contributed by atoms with Crippen LogP contribution in [0.25, 0.3) is 0 Å². The van der Waals surface area contributed by atoms with Gasteiger partial charge in [-0.1, -0.05) is 48.5 Å². The summed E-state index contributed by atoms with van der Waals surface area (Å²) in [6.07, 6.45) is 2.65. The van der Waals surface area contributed by atoms with Gasteiger partial charge in [0, 0.05) is 11.3 Å². The molecule has 0 aliphatic heterocycles. The Labute approximate surface area is 233 Å². The quantitative estimate of drug-likeness (QED) is 0.209. The van der Waals surface area contributed by atoms with E-state index in [-0.39, 0.29) is 19.1 Å². The Bertz CT molecular complexity index is 1560. The van der Waals surface area contributed by atoms with Crippen molar-refractivity contribution in [3.8, 4) is 5.75 Å². The highest BCUT2D eigenvalue weighted by Crippen LogP contribution is 2.20. The van der Waals surface area contributed by atoms with Gasteiger partial charge in [-0.25, -0.2) is 13.8 Å². The van der Waals surface area contributed by atoms with Gasteiger partial charge in [0.1, 0.15) is 5.75 Å². The number of hydrazone groups is 1. The van der Waals surface area contributed by atoms with Crippen molar-refractivity contribution in [3.05, 3.63) is 126 Å². The smallest absolute Gasteiger partial charge is 0.271 e. The van der Waals surface area contributed by atoms with Crippen molar-refractivity contribution >= 4 is 39.4 Å². The van der Waals surface area contributed by atoms with E-state index in [1.165, 1.54) is 10.5 Å². The Kier molecular flexibility index (Phi) is 9.27. The molecule has 2 N–H and O–H groups in total. The number of rotatable bonds is 11. The van der Waals surface area contributed by atoms with Crippen LogP contribution < -0.4 is 19.8 Å². The molecule has 0 aromatic heterocycles. The van der Waals surface area contributed by atoms with E-state index in [2.05, 4.69) is 15.8 Å². The van der Waals surface area contributed by atoms with Crippen LogP contribution in [0.15, 0.2) is 114 Å². The Balaban J connectivity index is 1.26. The van der Waals surface area contributed by atoms with Crippen LogP contribution in [-0.2, 0) is 21.4 Å². The lowest BCUT2D eigenvalue weighted by molar-refractivity contribution is -0.118. The van der Waals surface area contributed by atoms with E-state index in [9.17, 15) is 18.0 Å². The lowest BCUT2D eigenvalue weighted by atomic mass is 10.1. The molecule has 0 unspecified atom stereocenters. The zero-order valence-corrected chi connectivity index (χ0v) is 22.5. The second-order valence-corrected chi connectivity index (χ2v) is 10.7. The first-order valence-electron chi connectivity index (χ1n) is 12.3. The highest BCUT2D eigenvalue weighted by atomic mass is 32.2. The van der Waals surface area contributed by atoms with E-state index in [1.54, 1.807) is 84.9 Å². The topological polar surface area (TPSA) is 117 Å². The van der Waals surface area contributed by atoms with E-state index >= 15 is 0 Å². The van der Waals surface area contributed by atoms with Crippen LogP contribution in [0.2, 0.25) is 0 Å². The van der Waals surface area contributed by atoms with Gasteiger partial charge in [0.15, 0.2) is 6.61 Å². The molecule has 40 heavy (non-hydrogen) atoms. The predicted molar refractivity (Wildman–Crippen MR) is 156 cm³/mol. The number of sulfonamides is 1. The number of nitrogens with zero attached hydrogens (tertiary/aromatic N) is 2. The summed E-state index contributed by atoms with van der Waals surface area (Å²) >= 11 is 0. The van der Waals surface area contributed by atoms with Crippen molar-refractivity contribution in [1.29, 1.82) is 0 Å². The van der Waals surface area contributed by atoms with E-state index in [0.717, 1.165) is 17.4 Å². The van der Waals surface area contributed by atoms with Gasteiger partial charge in [0.25, 0.3) is 11.8 Å². The van der Waals surface area contributed by atoms with Crippen LogP contribution in [0.1, 0.15) is 21.5 Å². The van der Waals surface area contributed by atoms with Crippen LogP contribution in [0.5, 0.6) is 5.75 Å². The van der Waals surface area contributed by atoms with Gasteiger partial charge < -0.3 is 10.1 Å². The number of carbonyl (C=O) groups excluding carboxylic acids is 2. The molecule has 4 aromatic carbocycles. The van der Waals surface area contributed by atoms with Crippen molar-refractivity contribution in [2.45, 2.75) is 6.54 Å². The normalized spacial score (nSPS) is 11.1. The lowest BCUT2D eigenvalue weighted by Gasteiger charge is -2.22. The van der Waals surface area contributed by atoms with Crippen LogP contribution in [0.4, 0.5) is 11.4 Å². The van der Waals surface area contributed by atoms with Crippen LogP contribution in [0, 0.1) is 0 Å². The number of ether oxygens (including phenoxy) is 1. The van der Waals surface area contributed by atoms with E-state index < -0.39 is 15.9 Å². The molecular weight excluding hydrogens is 528 g/mol. The first-order chi connectivity index (χ1) is 19.3. The van der Waals surface area contributed by atoms with Crippen molar-refractivity contribution in [2.24, 2.45) is 5.10 Å². The molecule has 0 fully saturated rings. The molecule has 4 aromatic rings. The third-order valence-electron chi connectivity index (χ3n) is 5.67. The van der Waals surface area contributed by atoms with E-state index in [0.29, 0.717) is 22.7 Å². The third kappa shape index (κ3) is 8.27. The van der Waals surface area contributed by atoms with Crippen LogP contribution >= 0.6 is 0 Å². The lowest BCUT2D eigenvalue weighted by Crippen LogP contribution is -2.29. The van der Waals surface area contributed by atoms with Gasteiger partial charge in [-0.3, -0.25) is 13.9 Å². The summed E-state index contributed by atoms with van der Waals surface area (Å²) in [7, 11) is -3.49. The molecule has 0 heterocycles. The molecule has 0 aliphatic rings. The molecule has 10 heteroatoms. The molecule has 204 valence electrons. The van der Waals surface area contributed by atoms with Gasteiger partial charge in [0.05, 0.1) is 24.7 Å². The molecule has 9 nitrogen and oxygen atoms in total. The number of carbonyl (C=O) groups is 2. The minimum absolute atomic E-state index is 0.129. The summed E-state index contributed by atoms with van der Waals surface area (Å²) in [6, 6.07) is 31.5. The second kappa shape index (κ2) is 13.2. The molecular formula is C30H28N4O5S. The van der Waals surface area contributed by atoms with Gasteiger partial charge in [0.2, 0.25) is 10.0 Å². The van der Waals surface area contributed by atoms with E-state index in [1.807, 2.05) is 24.3 Å². The molecule has 0 saturated heterocycles. The molecule has 2 amide bonds. The van der Waals surface area contributed by atoms with Gasteiger partial charge >= 0.3 is 0 Å². The molecule has 0 spiro atoms. The average Bonchev–Trinajstić information content (AvgIpc) is 2.96. The zero-order valence-electron chi connectivity index (χ0n) is 21.7. The number of nitrogens with one attached hydrogen (secondary N) is 2. The fraction of sp³-hybridized carbons (Fsp3) is 0.100. The average molecular weight is 557 g/mol. The molecule has 0 radical (unpaired) electrons. The van der Waals surface area contributed by atoms with Crippen molar-refractivity contribution in [3.63, 3.8) is 0 Å². The van der Waals surface area contributed by atoms with Crippen LogP contribution in [-0.4, -0.2) is 39.3 Å². The number of para-hydroxylation sites is 2. The summed E-state index contributed by atoms with van der Waals surface area (Å²) in [5.74, 6) is -0.155. The number of hydrogen-bond donors (Lipinski definition) is 2. The summed E-state index contributed by atoms with van der Waals surface area (Å²) in [5, 5.41) is 6.74. The minimum Gasteiger partial charge on any atom is -0.484 e. The summed E-state index contributed by atoms with van der Waals surface area (Å²) in [5.41, 5.74) is 5.57. The Morgan fingerprint density at radius 3 is 2.10 bits per heavy atom. The number of amides is 2. The number of benzene rings is 4. The maximum atomic E-state index is 12.5. The molecule has 0 saturated carbocycles. The maximum absolute atomic E-state index is 12.5. The summed E-state index contributed by atoms with van der Waals surface area (Å²) in [6.45, 7) is 0.00995. The number of anilines is 2. The standard InChI is InChI=1S/C30H28N4O5S/c1-40(37,38)34(27-10-6-3-7-11-27)21-24-12-16-25(17-13-24)30(36)33-31-20-23-14-18-28(19-15-23)39-22-29(35)32-26-8-4-2-5-9-26/h2-20H,21-22H2,1H3,(H,32,35)(H,33,36)/b31-20+. The zero-order chi connectivity index (χ0) is 28.4. The van der Waals surface area contributed by atoms with Crippen molar-refractivity contribution in [2.75, 3.05) is 22.5 Å². The van der Waals surface area contributed by atoms with Gasteiger partial charge in [-0.2, -0.15) is 5.10 Å². The first kappa shape index (κ1) is 28.1. The van der Waals surface area contributed by atoms with Gasteiger partial charge in [-0.15, -0.1) is 0 Å². The van der Waals surface area contributed by atoms with Crippen molar-refractivity contribution < 1.29 is 22.7 Å². The maximum Gasteiger partial charge on any atom is 0.271 e. The largest absolute Gasteiger partial charge is 0.484 e. The first-order valence-corrected chi connectivity index (χ1v) is 14.2. The molecule has 4 rings (SSSR count). The minimum atomic E-state index is -3.49. The highest BCUT2D eigenvalue weighted by molar-refractivity contribution is 7.92. The monoisotopic (exact) mass is 556 g/mol. The van der Waals surface area contributed by atoms with Crippen molar-refractivity contribution in [1.82, 2.24) is 5.43 Å². The highest BCUT2D eigenvalue weighted by Gasteiger charge is 2.17. The summed E-state index contributed by atoms with van der Waals surface area (Å²) in [4.78, 5) is 24.5. The summed E-state index contributed by atoms with van der Waals surface area (Å²) < 4.78 is 31.4. The second-order valence-electron chi connectivity index (χ2n) is 8.77. The van der Waals surface area contributed by atoms with Crippen LogP contribution in [0.3, 0.4) is 0 Å². The Hall–Kier alpha value is -4.96.